The van der Waals surface area contributed by atoms with E-state index < -0.39 is 0 Å². The largest absolute Gasteiger partial charge is 0.338 e. The second-order valence-electron chi connectivity index (χ2n) is 8.11. The molecule has 0 radical (unpaired) electrons. The van der Waals surface area contributed by atoms with Gasteiger partial charge in [-0.2, -0.15) is 5.10 Å². The van der Waals surface area contributed by atoms with Crippen LogP contribution < -0.4 is 0 Å². The number of pyridine rings is 1. The van der Waals surface area contributed by atoms with Crippen LogP contribution in [0.25, 0.3) is 0 Å². The first-order valence-corrected chi connectivity index (χ1v) is 10.0. The molecule has 3 aliphatic heterocycles. The minimum atomic E-state index is 0.288. The highest BCUT2D eigenvalue weighted by molar-refractivity contribution is 5.77. The summed E-state index contributed by atoms with van der Waals surface area (Å²) < 4.78 is 0. The summed E-state index contributed by atoms with van der Waals surface area (Å²) in [6, 6.07) is 4.52. The van der Waals surface area contributed by atoms with E-state index in [1.165, 1.54) is 17.5 Å². The molecule has 5 rings (SSSR count). The monoisotopic (exact) mass is 367 g/mol. The number of hydrogen-bond donors (Lipinski definition) is 1. The normalized spacial score (nSPS) is 22.8. The third-order valence-electron chi connectivity index (χ3n) is 6.19. The van der Waals surface area contributed by atoms with E-state index >= 15 is 0 Å². The number of nitrogens with zero attached hydrogens (tertiary/aromatic N) is 4. The summed E-state index contributed by atoms with van der Waals surface area (Å²) in [4.78, 5) is 21.7. The summed E-state index contributed by atoms with van der Waals surface area (Å²) in [7, 11) is 0. The minimum Gasteiger partial charge on any atom is -0.338 e. The van der Waals surface area contributed by atoms with Gasteiger partial charge in [0, 0.05) is 63.2 Å². The number of aryl methyl sites for hydroxylation is 2. The van der Waals surface area contributed by atoms with Crippen molar-refractivity contribution in [2.45, 2.75) is 52.1 Å². The smallest absolute Gasteiger partial charge is 0.223 e. The topological polar surface area (TPSA) is 65.1 Å². The van der Waals surface area contributed by atoms with Crippen molar-refractivity contribution in [3.8, 4) is 0 Å². The van der Waals surface area contributed by atoms with Crippen molar-refractivity contribution in [2.75, 3.05) is 19.6 Å². The molecule has 1 amide bonds. The molecule has 0 saturated carbocycles. The van der Waals surface area contributed by atoms with E-state index in [1.54, 1.807) is 0 Å². The molecule has 0 aromatic carbocycles. The summed E-state index contributed by atoms with van der Waals surface area (Å²) in [6.07, 6.45) is 7.36. The Bertz CT molecular complexity index is 787. The minimum absolute atomic E-state index is 0.288. The van der Waals surface area contributed by atoms with E-state index in [1.807, 2.05) is 19.3 Å². The number of aromatic nitrogens is 3. The van der Waals surface area contributed by atoms with Crippen LogP contribution >= 0.6 is 0 Å². The van der Waals surface area contributed by atoms with Crippen LogP contribution in [0, 0.1) is 19.8 Å². The van der Waals surface area contributed by atoms with Crippen molar-refractivity contribution in [1.29, 1.82) is 0 Å². The van der Waals surface area contributed by atoms with Crippen LogP contribution in [0.5, 0.6) is 0 Å². The SMILES string of the molecule is Cc1[nH]nc(CCC(=O)N2C[C@H]3CC[C@@H]2CN(Cc2ccncc2)C3)c1C. The third-order valence-corrected chi connectivity index (χ3v) is 6.19. The van der Waals surface area contributed by atoms with E-state index in [9.17, 15) is 4.79 Å². The molecule has 3 saturated heterocycles. The Kier molecular flexibility index (Phi) is 5.25. The van der Waals surface area contributed by atoms with Crippen molar-refractivity contribution in [2.24, 2.45) is 5.92 Å². The standard InChI is InChI=1S/C21H29N5O/c1-15-16(2)23-24-20(15)5-6-21(27)26-13-18-3-4-19(26)14-25(12-18)11-17-7-9-22-10-8-17/h7-10,18-19H,3-6,11-14H2,1-2H3,(H,23,24)/t18-,19+/m0/s1. The first kappa shape index (κ1) is 18.2. The van der Waals surface area contributed by atoms with Crippen molar-refractivity contribution < 1.29 is 4.79 Å². The highest BCUT2D eigenvalue weighted by Gasteiger charge is 2.36. The van der Waals surface area contributed by atoms with Gasteiger partial charge in [0.25, 0.3) is 0 Å². The van der Waals surface area contributed by atoms with E-state index in [0.717, 1.165) is 50.4 Å². The Hall–Kier alpha value is -2.21. The Morgan fingerprint density at radius 3 is 2.74 bits per heavy atom. The lowest BCUT2D eigenvalue weighted by atomic mass is 9.94. The van der Waals surface area contributed by atoms with Gasteiger partial charge in [0.2, 0.25) is 5.91 Å². The average molecular weight is 367 g/mol. The van der Waals surface area contributed by atoms with Crippen molar-refractivity contribution in [3.05, 3.63) is 47.0 Å². The number of rotatable bonds is 5. The van der Waals surface area contributed by atoms with Crippen LogP contribution in [0.2, 0.25) is 0 Å². The predicted octanol–water partition coefficient (Wildman–Crippen LogP) is 2.48. The van der Waals surface area contributed by atoms with Gasteiger partial charge in [-0.05, 0) is 55.9 Å². The summed E-state index contributed by atoms with van der Waals surface area (Å²) in [5, 5.41) is 7.37. The van der Waals surface area contributed by atoms with E-state index in [-0.39, 0.29) is 5.91 Å². The molecule has 0 unspecified atom stereocenters. The van der Waals surface area contributed by atoms with Gasteiger partial charge in [0.1, 0.15) is 0 Å². The molecule has 2 aromatic rings. The highest BCUT2D eigenvalue weighted by atomic mass is 16.2. The van der Waals surface area contributed by atoms with Gasteiger partial charge in [0.05, 0.1) is 5.69 Å². The number of aromatic amines is 1. The molecule has 3 aliphatic rings. The van der Waals surface area contributed by atoms with Crippen LogP contribution in [-0.4, -0.2) is 56.6 Å². The van der Waals surface area contributed by atoms with Crippen molar-refractivity contribution in [3.63, 3.8) is 0 Å². The lowest BCUT2D eigenvalue weighted by Crippen LogP contribution is -2.47. The zero-order chi connectivity index (χ0) is 18.8. The maximum atomic E-state index is 13.0. The number of fused-ring (bicyclic) bond motifs is 4. The first-order chi connectivity index (χ1) is 13.1. The first-order valence-electron chi connectivity index (χ1n) is 10.0. The number of hydrogen-bond acceptors (Lipinski definition) is 4. The summed E-state index contributed by atoms with van der Waals surface area (Å²) in [6.45, 7) is 8.02. The number of amides is 1. The van der Waals surface area contributed by atoms with Gasteiger partial charge in [-0.3, -0.25) is 19.8 Å². The van der Waals surface area contributed by atoms with Crippen LogP contribution in [0.4, 0.5) is 0 Å². The maximum Gasteiger partial charge on any atom is 0.223 e. The lowest BCUT2D eigenvalue weighted by molar-refractivity contribution is -0.135. The molecule has 6 nitrogen and oxygen atoms in total. The quantitative estimate of drug-likeness (QED) is 0.882. The Labute approximate surface area is 161 Å². The molecular formula is C21H29N5O. The summed E-state index contributed by atoms with van der Waals surface area (Å²) >= 11 is 0. The number of nitrogens with one attached hydrogen (secondary N) is 1. The van der Waals surface area contributed by atoms with Crippen molar-refractivity contribution in [1.82, 2.24) is 25.0 Å². The van der Waals surface area contributed by atoms with Crippen LogP contribution in [0.3, 0.4) is 0 Å². The maximum absolute atomic E-state index is 13.0. The molecule has 27 heavy (non-hydrogen) atoms. The van der Waals surface area contributed by atoms with E-state index in [2.05, 4.69) is 44.0 Å². The Morgan fingerprint density at radius 2 is 2.00 bits per heavy atom. The molecule has 2 aromatic heterocycles. The van der Waals surface area contributed by atoms with Gasteiger partial charge in [-0.15, -0.1) is 0 Å². The summed E-state index contributed by atoms with van der Waals surface area (Å²) in [5.74, 6) is 0.874. The summed E-state index contributed by atoms with van der Waals surface area (Å²) in [5.41, 5.74) is 4.61. The Morgan fingerprint density at radius 1 is 1.19 bits per heavy atom. The molecule has 3 fully saturated rings. The van der Waals surface area contributed by atoms with Crippen molar-refractivity contribution >= 4 is 5.91 Å². The predicted molar refractivity (Wildman–Crippen MR) is 104 cm³/mol. The fourth-order valence-corrected chi connectivity index (χ4v) is 4.51. The Balaban J connectivity index is 1.38. The van der Waals surface area contributed by atoms with Gasteiger partial charge in [-0.25, -0.2) is 0 Å². The molecule has 6 heteroatoms. The molecule has 2 bridgehead atoms. The zero-order valence-electron chi connectivity index (χ0n) is 16.3. The fraction of sp³-hybridized carbons (Fsp3) is 0.571. The third kappa shape index (κ3) is 4.05. The van der Waals surface area contributed by atoms with Gasteiger partial charge < -0.3 is 4.90 Å². The lowest BCUT2D eigenvalue weighted by Gasteiger charge is -2.36. The van der Waals surface area contributed by atoms with Gasteiger partial charge in [0.15, 0.2) is 0 Å². The molecule has 0 aliphatic carbocycles. The zero-order valence-corrected chi connectivity index (χ0v) is 16.3. The molecular weight excluding hydrogens is 338 g/mol. The van der Waals surface area contributed by atoms with Gasteiger partial charge in [-0.1, -0.05) is 0 Å². The van der Waals surface area contributed by atoms with Crippen LogP contribution in [0.1, 0.15) is 41.8 Å². The van der Waals surface area contributed by atoms with Crippen LogP contribution in [-0.2, 0) is 17.8 Å². The molecule has 5 heterocycles. The molecule has 0 spiro atoms. The average Bonchev–Trinajstić information content (AvgIpc) is 2.84. The van der Waals surface area contributed by atoms with Crippen LogP contribution in [0.15, 0.2) is 24.5 Å². The van der Waals surface area contributed by atoms with Gasteiger partial charge >= 0.3 is 0 Å². The molecule has 2 atom stereocenters. The van der Waals surface area contributed by atoms with E-state index in [0.29, 0.717) is 18.4 Å². The second-order valence-corrected chi connectivity index (χ2v) is 8.11. The fourth-order valence-electron chi connectivity index (χ4n) is 4.51. The molecule has 1 N–H and O–H groups in total. The number of carbonyl (C=O) groups excluding carboxylic acids is 1. The number of H-pyrrole nitrogens is 1. The second kappa shape index (κ2) is 7.80. The molecule has 144 valence electrons. The van der Waals surface area contributed by atoms with E-state index in [4.69, 9.17) is 0 Å². The number of carbonyl (C=O) groups is 1. The highest BCUT2D eigenvalue weighted by Crippen LogP contribution is 2.29. The number of piperidine rings is 1.